The number of aryl methyl sites for hydroxylation is 1. The molecule has 6 heteroatoms. The van der Waals surface area contributed by atoms with Crippen molar-refractivity contribution in [1.29, 1.82) is 0 Å². The Hall–Kier alpha value is -1.42. The SMILES string of the molecule is Cc1ccc(C2=N/C(=C\c3cc(I)c(O)c(I)c3)C(=O)O2)cc1. The molecule has 0 amide bonds. The van der Waals surface area contributed by atoms with Gasteiger partial charge in [-0.1, -0.05) is 17.7 Å². The third-order valence-electron chi connectivity index (χ3n) is 3.26. The highest BCUT2D eigenvalue weighted by molar-refractivity contribution is 14.1. The van der Waals surface area contributed by atoms with E-state index in [-0.39, 0.29) is 11.4 Å². The van der Waals surface area contributed by atoms with Crippen molar-refractivity contribution in [1.82, 2.24) is 0 Å². The summed E-state index contributed by atoms with van der Waals surface area (Å²) < 4.78 is 6.68. The van der Waals surface area contributed by atoms with E-state index in [4.69, 9.17) is 4.74 Å². The van der Waals surface area contributed by atoms with Gasteiger partial charge in [0.25, 0.3) is 0 Å². The van der Waals surface area contributed by atoms with Crippen LogP contribution in [-0.4, -0.2) is 17.0 Å². The smallest absolute Gasteiger partial charge is 0.363 e. The van der Waals surface area contributed by atoms with Gasteiger partial charge in [0.15, 0.2) is 5.70 Å². The van der Waals surface area contributed by atoms with Gasteiger partial charge in [0.2, 0.25) is 5.90 Å². The Morgan fingerprint density at radius 3 is 2.35 bits per heavy atom. The van der Waals surface area contributed by atoms with E-state index in [0.29, 0.717) is 5.90 Å². The fourth-order valence-electron chi connectivity index (χ4n) is 2.06. The molecule has 0 bridgehead atoms. The van der Waals surface area contributed by atoms with Crippen molar-refractivity contribution in [2.75, 3.05) is 0 Å². The van der Waals surface area contributed by atoms with Crippen molar-refractivity contribution < 1.29 is 14.6 Å². The van der Waals surface area contributed by atoms with Crippen LogP contribution >= 0.6 is 45.2 Å². The second kappa shape index (κ2) is 6.60. The van der Waals surface area contributed by atoms with Crippen LogP contribution in [0.2, 0.25) is 0 Å². The molecule has 0 saturated carbocycles. The van der Waals surface area contributed by atoms with Gasteiger partial charge in [-0.3, -0.25) is 0 Å². The Morgan fingerprint density at radius 1 is 1.13 bits per heavy atom. The number of hydrogen-bond acceptors (Lipinski definition) is 4. The number of hydrogen-bond donors (Lipinski definition) is 1. The third kappa shape index (κ3) is 3.57. The molecule has 2 aromatic carbocycles. The Kier molecular flexibility index (Phi) is 4.72. The second-order valence-electron chi connectivity index (χ2n) is 5.04. The van der Waals surface area contributed by atoms with E-state index in [0.717, 1.165) is 23.8 Å². The molecule has 0 aliphatic carbocycles. The van der Waals surface area contributed by atoms with Gasteiger partial charge in [-0.05, 0) is 88.0 Å². The number of esters is 1. The first-order valence-electron chi connectivity index (χ1n) is 6.71. The quantitative estimate of drug-likeness (QED) is 0.359. The normalized spacial score (nSPS) is 15.7. The van der Waals surface area contributed by atoms with Gasteiger partial charge in [0, 0.05) is 5.56 Å². The predicted molar refractivity (Wildman–Crippen MR) is 105 cm³/mol. The molecule has 116 valence electrons. The summed E-state index contributed by atoms with van der Waals surface area (Å²) in [4.78, 5) is 16.3. The molecule has 1 N–H and O–H groups in total. The maximum absolute atomic E-state index is 12.0. The Bertz CT molecular complexity index is 832. The predicted octanol–water partition coefficient (Wildman–Crippen LogP) is 4.25. The number of phenolic OH excluding ortho intramolecular Hbond substituents is 1. The molecule has 4 nitrogen and oxygen atoms in total. The van der Waals surface area contributed by atoms with Crippen LogP contribution in [0, 0.1) is 14.1 Å². The molecule has 2 aromatic rings. The van der Waals surface area contributed by atoms with Gasteiger partial charge in [0.05, 0.1) is 7.14 Å². The van der Waals surface area contributed by atoms with Crippen LogP contribution < -0.4 is 0 Å². The van der Waals surface area contributed by atoms with Gasteiger partial charge in [-0.2, -0.15) is 0 Å². The summed E-state index contributed by atoms with van der Waals surface area (Å²) in [6.45, 7) is 1.99. The topological polar surface area (TPSA) is 58.9 Å². The molecule has 0 aromatic heterocycles. The molecule has 0 saturated heterocycles. The molecule has 23 heavy (non-hydrogen) atoms. The monoisotopic (exact) mass is 531 g/mol. The summed E-state index contributed by atoms with van der Waals surface area (Å²) in [6, 6.07) is 11.2. The maximum Gasteiger partial charge on any atom is 0.363 e. The van der Waals surface area contributed by atoms with Crippen LogP contribution in [-0.2, 0) is 9.53 Å². The minimum Gasteiger partial charge on any atom is -0.506 e. The zero-order valence-electron chi connectivity index (χ0n) is 12.0. The van der Waals surface area contributed by atoms with E-state index in [1.54, 1.807) is 18.2 Å². The summed E-state index contributed by atoms with van der Waals surface area (Å²) in [5, 5.41) is 9.80. The van der Waals surface area contributed by atoms with E-state index in [9.17, 15) is 9.90 Å². The van der Waals surface area contributed by atoms with Crippen LogP contribution in [0.5, 0.6) is 5.75 Å². The molecular formula is C17H11I2NO3. The summed E-state index contributed by atoms with van der Waals surface area (Å²) >= 11 is 4.10. The van der Waals surface area contributed by atoms with Gasteiger partial charge in [0.1, 0.15) is 5.75 Å². The number of aromatic hydroxyl groups is 1. The Balaban J connectivity index is 1.96. The molecule has 0 atom stereocenters. The lowest BCUT2D eigenvalue weighted by molar-refractivity contribution is -0.129. The Morgan fingerprint density at radius 2 is 1.74 bits per heavy atom. The minimum atomic E-state index is -0.473. The first kappa shape index (κ1) is 16.4. The molecule has 3 rings (SSSR count). The van der Waals surface area contributed by atoms with E-state index < -0.39 is 5.97 Å². The molecular weight excluding hydrogens is 520 g/mol. The summed E-state index contributed by atoms with van der Waals surface area (Å²) in [6.07, 6.45) is 1.66. The molecule has 1 aliphatic rings. The number of aliphatic imine (C=N–C) groups is 1. The number of rotatable bonds is 2. The van der Waals surface area contributed by atoms with Crippen LogP contribution in [0.1, 0.15) is 16.7 Å². The number of ether oxygens (including phenoxy) is 1. The first-order valence-corrected chi connectivity index (χ1v) is 8.87. The van der Waals surface area contributed by atoms with Crippen LogP contribution in [0.15, 0.2) is 47.1 Å². The van der Waals surface area contributed by atoms with Crippen LogP contribution in [0.4, 0.5) is 0 Å². The van der Waals surface area contributed by atoms with Gasteiger partial charge in [-0.25, -0.2) is 9.79 Å². The fourth-order valence-corrected chi connectivity index (χ4v) is 3.87. The van der Waals surface area contributed by atoms with E-state index in [1.807, 2.05) is 76.4 Å². The number of phenols is 1. The van der Waals surface area contributed by atoms with Crippen molar-refractivity contribution in [2.45, 2.75) is 6.92 Å². The van der Waals surface area contributed by atoms with Crippen molar-refractivity contribution in [3.8, 4) is 5.75 Å². The molecule has 0 unspecified atom stereocenters. The lowest BCUT2D eigenvalue weighted by Crippen LogP contribution is -2.05. The average Bonchev–Trinajstić information content (AvgIpc) is 2.86. The van der Waals surface area contributed by atoms with Crippen molar-refractivity contribution in [3.63, 3.8) is 0 Å². The van der Waals surface area contributed by atoms with Gasteiger partial charge < -0.3 is 9.84 Å². The third-order valence-corrected chi connectivity index (χ3v) is 4.91. The number of benzene rings is 2. The number of carbonyl (C=O) groups is 1. The molecule has 1 heterocycles. The van der Waals surface area contributed by atoms with Gasteiger partial charge in [-0.15, -0.1) is 0 Å². The number of nitrogens with zero attached hydrogens (tertiary/aromatic N) is 1. The Labute approximate surface area is 160 Å². The molecule has 0 spiro atoms. The van der Waals surface area contributed by atoms with Crippen LogP contribution in [0.25, 0.3) is 6.08 Å². The highest BCUT2D eigenvalue weighted by Gasteiger charge is 2.24. The number of cyclic esters (lactones) is 1. The highest BCUT2D eigenvalue weighted by atomic mass is 127. The average molecular weight is 531 g/mol. The second-order valence-corrected chi connectivity index (χ2v) is 7.36. The zero-order chi connectivity index (χ0) is 16.6. The van der Waals surface area contributed by atoms with Crippen molar-refractivity contribution >= 4 is 63.1 Å². The van der Waals surface area contributed by atoms with E-state index >= 15 is 0 Å². The standard InChI is InChI=1S/C17H11I2NO3/c1-9-2-4-11(5-3-9)16-20-14(17(22)23-16)8-10-6-12(18)15(21)13(19)7-10/h2-8,21H,1H3/b14-8-. The maximum atomic E-state index is 12.0. The summed E-state index contributed by atoms with van der Waals surface area (Å²) in [7, 11) is 0. The summed E-state index contributed by atoms with van der Waals surface area (Å²) in [5.41, 5.74) is 2.93. The number of carbonyl (C=O) groups excluding carboxylic acids is 1. The summed E-state index contributed by atoms with van der Waals surface area (Å²) in [5.74, 6) is 0.0780. The largest absolute Gasteiger partial charge is 0.506 e. The van der Waals surface area contributed by atoms with E-state index in [2.05, 4.69) is 4.99 Å². The van der Waals surface area contributed by atoms with Crippen molar-refractivity contribution in [2.24, 2.45) is 4.99 Å². The molecule has 0 radical (unpaired) electrons. The zero-order valence-corrected chi connectivity index (χ0v) is 16.3. The highest BCUT2D eigenvalue weighted by Crippen LogP contribution is 2.29. The fraction of sp³-hybridized carbons (Fsp3) is 0.0588. The lowest BCUT2D eigenvalue weighted by atomic mass is 10.1. The van der Waals surface area contributed by atoms with E-state index in [1.165, 1.54) is 0 Å². The van der Waals surface area contributed by atoms with Crippen molar-refractivity contribution in [3.05, 3.63) is 65.9 Å². The van der Waals surface area contributed by atoms with Crippen LogP contribution in [0.3, 0.4) is 0 Å². The lowest BCUT2D eigenvalue weighted by Gasteiger charge is -2.02. The molecule has 0 fully saturated rings. The first-order chi connectivity index (χ1) is 10.9. The minimum absolute atomic E-state index is 0.242. The molecule has 1 aliphatic heterocycles. The van der Waals surface area contributed by atoms with Gasteiger partial charge >= 0.3 is 5.97 Å². The number of halogens is 2.